The molecule has 3 rings (SSSR count). The molecule has 0 radical (unpaired) electrons. The summed E-state index contributed by atoms with van der Waals surface area (Å²) in [5.41, 5.74) is 2.24. The number of carbonyl (C=O) groups excluding carboxylic acids is 1. The second-order valence-corrected chi connectivity index (χ2v) is 7.60. The highest BCUT2D eigenvalue weighted by Crippen LogP contribution is 2.31. The Kier molecular flexibility index (Phi) is 5.21. The second-order valence-electron chi connectivity index (χ2n) is 5.79. The lowest BCUT2D eigenvalue weighted by atomic mass is 10.2. The summed E-state index contributed by atoms with van der Waals surface area (Å²) in [7, 11) is -1.05. The number of hydrogen-bond acceptors (Lipinski definition) is 3. The first kappa shape index (κ1) is 17.0. The summed E-state index contributed by atoms with van der Waals surface area (Å²) in [5.74, 6) is -0.203. The molecule has 24 heavy (non-hydrogen) atoms. The Hall–Kier alpha value is -1.85. The van der Waals surface area contributed by atoms with E-state index in [0.717, 1.165) is 37.3 Å². The smallest absolute Gasteiger partial charge is 0.255 e. The van der Waals surface area contributed by atoms with Crippen LogP contribution in [0, 0.1) is 0 Å². The summed E-state index contributed by atoms with van der Waals surface area (Å²) in [5, 5.41) is 3.54. The first-order valence-corrected chi connectivity index (χ1v) is 9.77. The molecule has 1 heterocycles. The van der Waals surface area contributed by atoms with Crippen molar-refractivity contribution in [3.8, 4) is 0 Å². The molecular weight excluding hydrogens is 344 g/mol. The van der Waals surface area contributed by atoms with Crippen molar-refractivity contribution in [1.29, 1.82) is 0 Å². The molecule has 1 atom stereocenters. The first-order valence-electron chi connectivity index (χ1n) is 7.84. The van der Waals surface area contributed by atoms with Gasteiger partial charge in [0.25, 0.3) is 5.91 Å². The van der Waals surface area contributed by atoms with E-state index in [2.05, 4.69) is 10.2 Å². The summed E-state index contributed by atoms with van der Waals surface area (Å²) in [6.45, 7) is 1.98. The van der Waals surface area contributed by atoms with Gasteiger partial charge in [0.05, 0.1) is 11.4 Å². The van der Waals surface area contributed by atoms with Crippen LogP contribution in [-0.2, 0) is 10.8 Å². The topological polar surface area (TPSA) is 49.4 Å². The average molecular weight is 363 g/mol. The zero-order valence-corrected chi connectivity index (χ0v) is 15.0. The van der Waals surface area contributed by atoms with E-state index < -0.39 is 10.8 Å². The van der Waals surface area contributed by atoms with Gasteiger partial charge >= 0.3 is 0 Å². The molecule has 126 valence electrons. The summed E-state index contributed by atoms with van der Waals surface area (Å²) in [6.07, 6.45) is 3.93. The third-order valence-electron chi connectivity index (χ3n) is 4.10. The normalized spacial score (nSPS) is 15.3. The fourth-order valence-electron chi connectivity index (χ4n) is 2.83. The number of nitrogens with one attached hydrogen (secondary N) is 1. The van der Waals surface area contributed by atoms with Crippen LogP contribution in [0.1, 0.15) is 23.2 Å². The Morgan fingerprint density at radius 1 is 1.12 bits per heavy atom. The predicted octanol–water partition coefficient (Wildman–Crippen LogP) is 3.93. The number of amides is 1. The highest BCUT2D eigenvalue weighted by atomic mass is 35.5. The molecule has 0 spiro atoms. The van der Waals surface area contributed by atoms with Gasteiger partial charge in [0.2, 0.25) is 0 Å². The maximum absolute atomic E-state index is 12.5. The minimum absolute atomic E-state index is 0.203. The maximum atomic E-state index is 12.5. The fraction of sp³-hybridized carbons (Fsp3) is 0.278. The van der Waals surface area contributed by atoms with Crippen molar-refractivity contribution in [2.75, 3.05) is 29.6 Å². The van der Waals surface area contributed by atoms with Gasteiger partial charge in [0, 0.05) is 45.6 Å². The van der Waals surface area contributed by atoms with Crippen LogP contribution in [-0.4, -0.2) is 29.5 Å². The molecule has 1 N–H and O–H groups in total. The zero-order valence-electron chi connectivity index (χ0n) is 13.4. The molecule has 4 nitrogen and oxygen atoms in total. The van der Waals surface area contributed by atoms with Crippen molar-refractivity contribution in [3.05, 3.63) is 53.1 Å². The SMILES string of the molecule is C[S@](=O)c1ccc(C(=O)Nc2cc(Cl)ccc2N2CCCC2)cc1. The van der Waals surface area contributed by atoms with E-state index in [4.69, 9.17) is 11.6 Å². The van der Waals surface area contributed by atoms with Crippen molar-refractivity contribution in [1.82, 2.24) is 0 Å². The molecule has 0 bridgehead atoms. The Bertz CT molecular complexity index is 771. The third-order valence-corrected chi connectivity index (χ3v) is 5.27. The lowest BCUT2D eigenvalue weighted by molar-refractivity contribution is 0.102. The molecule has 1 fully saturated rings. The van der Waals surface area contributed by atoms with Crippen LogP contribution >= 0.6 is 11.6 Å². The van der Waals surface area contributed by atoms with E-state index in [1.807, 2.05) is 12.1 Å². The summed E-state index contributed by atoms with van der Waals surface area (Å²) in [4.78, 5) is 15.5. The van der Waals surface area contributed by atoms with Crippen LogP contribution in [0.15, 0.2) is 47.4 Å². The number of nitrogens with zero attached hydrogens (tertiary/aromatic N) is 1. The van der Waals surface area contributed by atoms with Crippen LogP contribution in [0.2, 0.25) is 5.02 Å². The van der Waals surface area contributed by atoms with Crippen LogP contribution in [0.5, 0.6) is 0 Å². The highest BCUT2D eigenvalue weighted by molar-refractivity contribution is 7.84. The molecule has 6 heteroatoms. The predicted molar refractivity (Wildman–Crippen MR) is 99.6 cm³/mol. The Labute approximate surface area is 149 Å². The number of halogens is 1. The highest BCUT2D eigenvalue weighted by Gasteiger charge is 2.18. The summed E-state index contributed by atoms with van der Waals surface area (Å²) >= 11 is 6.10. The molecule has 0 aromatic heterocycles. The molecule has 1 aliphatic rings. The van der Waals surface area contributed by atoms with Gasteiger partial charge in [0.15, 0.2) is 0 Å². The molecule has 1 amide bonds. The van der Waals surface area contributed by atoms with Crippen LogP contribution in [0.25, 0.3) is 0 Å². The van der Waals surface area contributed by atoms with E-state index in [1.54, 1.807) is 36.6 Å². The average Bonchev–Trinajstić information content (AvgIpc) is 3.09. The van der Waals surface area contributed by atoms with Gasteiger partial charge < -0.3 is 10.2 Å². The molecule has 0 saturated carbocycles. The van der Waals surface area contributed by atoms with Gasteiger partial charge in [-0.1, -0.05) is 11.6 Å². The molecule has 1 saturated heterocycles. The van der Waals surface area contributed by atoms with E-state index in [0.29, 0.717) is 15.5 Å². The van der Waals surface area contributed by atoms with Gasteiger partial charge in [0.1, 0.15) is 0 Å². The van der Waals surface area contributed by atoms with Crippen LogP contribution < -0.4 is 10.2 Å². The van der Waals surface area contributed by atoms with Gasteiger partial charge in [-0.3, -0.25) is 9.00 Å². The van der Waals surface area contributed by atoms with E-state index in [-0.39, 0.29) is 5.91 Å². The zero-order chi connectivity index (χ0) is 17.1. The summed E-state index contributed by atoms with van der Waals surface area (Å²) in [6, 6.07) is 12.4. The number of hydrogen-bond donors (Lipinski definition) is 1. The van der Waals surface area contributed by atoms with E-state index in [9.17, 15) is 9.00 Å². The van der Waals surface area contributed by atoms with Crippen LogP contribution in [0.3, 0.4) is 0 Å². The van der Waals surface area contributed by atoms with Gasteiger partial charge in [-0.25, -0.2) is 0 Å². The minimum Gasteiger partial charge on any atom is -0.370 e. The lowest BCUT2D eigenvalue weighted by Gasteiger charge is -2.22. The second kappa shape index (κ2) is 7.36. The lowest BCUT2D eigenvalue weighted by Crippen LogP contribution is -2.21. The first-order chi connectivity index (χ1) is 11.5. The van der Waals surface area contributed by atoms with Gasteiger partial charge in [-0.05, 0) is 55.3 Å². The van der Waals surface area contributed by atoms with Crippen LogP contribution in [0.4, 0.5) is 11.4 Å². The number of anilines is 2. The molecular formula is C18H19ClN2O2S. The standard InChI is InChI=1S/C18H19ClN2O2S/c1-24(23)15-7-4-13(5-8-15)18(22)20-16-12-14(19)6-9-17(16)21-10-2-3-11-21/h4-9,12H,2-3,10-11H2,1H3,(H,20,22)/t24-/m0/s1. The van der Waals surface area contributed by atoms with E-state index >= 15 is 0 Å². The fourth-order valence-corrected chi connectivity index (χ4v) is 3.53. The number of rotatable bonds is 4. The summed E-state index contributed by atoms with van der Waals surface area (Å²) < 4.78 is 11.4. The van der Waals surface area contributed by atoms with Crippen molar-refractivity contribution in [2.24, 2.45) is 0 Å². The Morgan fingerprint density at radius 2 is 1.79 bits per heavy atom. The van der Waals surface area contributed by atoms with Crippen molar-refractivity contribution in [2.45, 2.75) is 17.7 Å². The van der Waals surface area contributed by atoms with Gasteiger partial charge in [-0.2, -0.15) is 0 Å². The monoisotopic (exact) mass is 362 g/mol. The molecule has 2 aromatic rings. The molecule has 1 aliphatic heterocycles. The largest absolute Gasteiger partial charge is 0.370 e. The number of benzene rings is 2. The van der Waals surface area contributed by atoms with Crippen molar-refractivity contribution in [3.63, 3.8) is 0 Å². The molecule has 0 unspecified atom stereocenters. The third kappa shape index (κ3) is 3.79. The van der Waals surface area contributed by atoms with Crippen molar-refractivity contribution < 1.29 is 9.00 Å². The Morgan fingerprint density at radius 3 is 2.42 bits per heavy atom. The number of carbonyl (C=O) groups is 1. The minimum atomic E-state index is -1.05. The quantitative estimate of drug-likeness (QED) is 0.896. The molecule has 0 aliphatic carbocycles. The van der Waals surface area contributed by atoms with Gasteiger partial charge in [-0.15, -0.1) is 0 Å². The van der Waals surface area contributed by atoms with E-state index in [1.165, 1.54) is 0 Å². The Balaban J connectivity index is 1.83. The van der Waals surface area contributed by atoms with Crippen molar-refractivity contribution >= 4 is 39.7 Å². The molecule has 2 aromatic carbocycles. The maximum Gasteiger partial charge on any atom is 0.255 e.